The molecule has 1 heterocycles. The first-order valence-corrected chi connectivity index (χ1v) is 9.07. The SMILES string of the molecule is CCC(C)(C)CC[C@H]1SC[C@@H](C(C)(C)C)CS1. The summed E-state index contributed by atoms with van der Waals surface area (Å²) in [7, 11) is 0. The lowest BCUT2D eigenvalue weighted by molar-refractivity contribution is 0.291. The van der Waals surface area contributed by atoms with Crippen LogP contribution in [0.1, 0.15) is 60.8 Å². The Morgan fingerprint density at radius 3 is 1.94 bits per heavy atom. The minimum absolute atomic E-state index is 0.494. The van der Waals surface area contributed by atoms with Gasteiger partial charge in [-0.2, -0.15) is 0 Å². The highest BCUT2D eigenvalue weighted by Crippen LogP contribution is 2.44. The van der Waals surface area contributed by atoms with E-state index < -0.39 is 0 Å². The van der Waals surface area contributed by atoms with E-state index in [9.17, 15) is 0 Å². The van der Waals surface area contributed by atoms with Gasteiger partial charge in [0, 0.05) is 0 Å². The van der Waals surface area contributed by atoms with Gasteiger partial charge < -0.3 is 0 Å². The fourth-order valence-corrected chi connectivity index (χ4v) is 5.60. The lowest BCUT2D eigenvalue weighted by Gasteiger charge is -2.37. The van der Waals surface area contributed by atoms with Crippen molar-refractivity contribution < 1.29 is 0 Å². The maximum absolute atomic E-state index is 2.41. The van der Waals surface area contributed by atoms with Crippen molar-refractivity contribution >= 4 is 23.5 Å². The third-order valence-electron chi connectivity index (χ3n) is 4.21. The third-order valence-corrected chi connectivity index (χ3v) is 7.43. The zero-order valence-electron chi connectivity index (χ0n) is 12.5. The van der Waals surface area contributed by atoms with Crippen LogP contribution in [0.4, 0.5) is 0 Å². The molecule has 1 rings (SSSR count). The van der Waals surface area contributed by atoms with Crippen molar-refractivity contribution in [1.29, 1.82) is 0 Å². The van der Waals surface area contributed by atoms with Crippen LogP contribution in [0.15, 0.2) is 0 Å². The molecule has 0 aromatic heterocycles. The Morgan fingerprint density at radius 2 is 1.53 bits per heavy atom. The van der Waals surface area contributed by atoms with Crippen LogP contribution < -0.4 is 0 Å². The van der Waals surface area contributed by atoms with Crippen LogP contribution >= 0.6 is 23.5 Å². The molecule has 0 bridgehead atoms. The first-order chi connectivity index (χ1) is 7.74. The second-order valence-electron chi connectivity index (χ2n) is 7.22. The molecule has 0 radical (unpaired) electrons. The Bertz CT molecular complexity index is 220. The second kappa shape index (κ2) is 6.23. The number of hydrogen-bond acceptors (Lipinski definition) is 2. The van der Waals surface area contributed by atoms with Crippen molar-refractivity contribution in [1.82, 2.24) is 0 Å². The van der Waals surface area contributed by atoms with Crippen molar-refractivity contribution in [2.24, 2.45) is 16.7 Å². The summed E-state index contributed by atoms with van der Waals surface area (Å²) in [5.41, 5.74) is 1.04. The van der Waals surface area contributed by atoms with Crippen molar-refractivity contribution in [3.05, 3.63) is 0 Å². The van der Waals surface area contributed by atoms with Gasteiger partial charge in [-0.15, -0.1) is 23.5 Å². The predicted octanol–water partition coefficient (Wildman–Crippen LogP) is 5.67. The fourth-order valence-electron chi connectivity index (χ4n) is 1.90. The summed E-state index contributed by atoms with van der Waals surface area (Å²) in [6, 6.07) is 0. The van der Waals surface area contributed by atoms with E-state index in [1.165, 1.54) is 30.8 Å². The monoisotopic (exact) mass is 274 g/mol. The molecule has 1 aliphatic rings. The first-order valence-electron chi connectivity index (χ1n) is 6.98. The highest BCUT2D eigenvalue weighted by Gasteiger charge is 2.31. The Hall–Kier alpha value is 0.700. The molecule has 0 aliphatic carbocycles. The van der Waals surface area contributed by atoms with Gasteiger partial charge in [-0.05, 0) is 41.1 Å². The molecule has 0 N–H and O–H groups in total. The van der Waals surface area contributed by atoms with Gasteiger partial charge in [0.15, 0.2) is 0 Å². The lowest BCUT2D eigenvalue weighted by atomic mass is 9.83. The fraction of sp³-hybridized carbons (Fsp3) is 1.00. The van der Waals surface area contributed by atoms with Gasteiger partial charge in [0.05, 0.1) is 4.58 Å². The average Bonchev–Trinajstić information content (AvgIpc) is 2.26. The summed E-state index contributed by atoms with van der Waals surface area (Å²) in [6.07, 6.45) is 4.08. The summed E-state index contributed by atoms with van der Waals surface area (Å²) >= 11 is 4.42. The van der Waals surface area contributed by atoms with Crippen LogP contribution in [0, 0.1) is 16.7 Å². The molecule has 17 heavy (non-hydrogen) atoms. The van der Waals surface area contributed by atoms with Crippen LogP contribution in [0.3, 0.4) is 0 Å². The van der Waals surface area contributed by atoms with Crippen LogP contribution in [-0.4, -0.2) is 16.1 Å². The molecule has 1 fully saturated rings. The topological polar surface area (TPSA) is 0 Å². The lowest BCUT2D eigenvalue weighted by Crippen LogP contribution is -2.29. The normalized spacial score (nSPS) is 27.2. The average molecular weight is 275 g/mol. The minimum atomic E-state index is 0.494. The van der Waals surface area contributed by atoms with Gasteiger partial charge in [-0.1, -0.05) is 48.0 Å². The highest BCUT2D eigenvalue weighted by molar-refractivity contribution is 8.17. The molecular formula is C15H30S2. The zero-order valence-corrected chi connectivity index (χ0v) is 14.1. The summed E-state index contributed by atoms with van der Waals surface area (Å²) in [5.74, 6) is 3.63. The third kappa shape index (κ3) is 5.46. The molecule has 0 nitrogen and oxygen atoms in total. The molecule has 0 amide bonds. The maximum Gasteiger partial charge on any atom is 0.0502 e. The van der Waals surface area contributed by atoms with Crippen molar-refractivity contribution in [2.45, 2.75) is 65.4 Å². The molecule has 2 heteroatoms. The molecule has 0 aromatic carbocycles. The maximum atomic E-state index is 2.41. The number of thioether (sulfide) groups is 2. The highest BCUT2D eigenvalue weighted by atomic mass is 32.2. The molecule has 0 spiro atoms. The summed E-state index contributed by atoms with van der Waals surface area (Å²) in [5, 5.41) is 0. The van der Waals surface area contributed by atoms with Crippen LogP contribution in [0.2, 0.25) is 0 Å². The van der Waals surface area contributed by atoms with Crippen molar-refractivity contribution in [3.8, 4) is 0 Å². The summed E-state index contributed by atoms with van der Waals surface area (Å²) in [4.78, 5) is 0. The van der Waals surface area contributed by atoms with Gasteiger partial charge >= 0.3 is 0 Å². The minimum Gasteiger partial charge on any atom is -0.147 e. The van der Waals surface area contributed by atoms with Crippen LogP contribution in [0.5, 0.6) is 0 Å². The van der Waals surface area contributed by atoms with E-state index in [0.717, 1.165) is 10.5 Å². The molecule has 102 valence electrons. The van der Waals surface area contributed by atoms with E-state index in [-0.39, 0.29) is 0 Å². The van der Waals surface area contributed by atoms with Gasteiger partial charge in [-0.3, -0.25) is 0 Å². The quantitative estimate of drug-likeness (QED) is 0.647. The standard InChI is InChI=1S/C15H30S2/c1-7-15(5,6)9-8-13-16-10-12(11-17-13)14(2,3)4/h12-13H,7-11H2,1-6H3/t12-,13+. The van der Waals surface area contributed by atoms with E-state index in [1.807, 2.05) is 0 Å². The van der Waals surface area contributed by atoms with Crippen LogP contribution in [-0.2, 0) is 0 Å². The predicted molar refractivity (Wildman–Crippen MR) is 85.0 cm³/mol. The van der Waals surface area contributed by atoms with E-state index in [0.29, 0.717) is 10.8 Å². The van der Waals surface area contributed by atoms with Crippen molar-refractivity contribution in [3.63, 3.8) is 0 Å². The first kappa shape index (κ1) is 15.8. The summed E-state index contributed by atoms with van der Waals surface area (Å²) in [6.45, 7) is 14.3. The van der Waals surface area contributed by atoms with Gasteiger partial charge in [0.1, 0.15) is 0 Å². The van der Waals surface area contributed by atoms with E-state index in [2.05, 4.69) is 65.1 Å². The van der Waals surface area contributed by atoms with Gasteiger partial charge in [0.25, 0.3) is 0 Å². The largest absolute Gasteiger partial charge is 0.147 e. The Morgan fingerprint density at radius 1 is 1.00 bits per heavy atom. The van der Waals surface area contributed by atoms with E-state index in [4.69, 9.17) is 0 Å². The van der Waals surface area contributed by atoms with E-state index in [1.54, 1.807) is 0 Å². The Labute approximate surface area is 117 Å². The Kier molecular flexibility index (Phi) is 5.78. The molecule has 0 saturated carbocycles. The zero-order chi connectivity index (χ0) is 13.1. The Balaban J connectivity index is 2.29. The van der Waals surface area contributed by atoms with Gasteiger partial charge in [0.2, 0.25) is 0 Å². The van der Waals surface area contributed by atoms with Crippen molar-refractivity contribution in [2.75, 3.05) is 11.5 Å². The molecule has 0 unspecified atom stereocenters. The molecular weight excluding hydrogens is 244 g/mol. The molecule has 1 saturated heterocycles. The molecule has 0 atom stereocenters. The number of hydrogen-bond donors (Lipinski definition) is 0. The second-order valence-corrected chi connectivity index (χ2v) is 9.99. The smallest absolute Gasteiger partial charge is 0.0502 e. The molecule has 1 aliphatic heterocycles. The van der Waals surface area contributed by atoms with Crippen LogP contribution in [0.25, 0.3) is 0 Å². The summed E-state index contributed by atoms with van der Waals surface area (Å²) < 4.78 is 0.861. The van der Waals surface area contributed by atoms with Gasteiger partial charge in [-0.25, -0.2) is 0 Å². The molecule has 0 aromatic rings. The van der Waals surface area contributed by atoms with E-state index >= 15 is 0 Å². The number of rotatable bonds is 4.